The van der Waals surface area contributed by atoms with E-state index in [1.165, 1.54) is 0 Å². The Morgan fingerprint density at radius 3 is 2.41 bits per heavy atom. The molecule has 1 aliphatic rings. The first-order valence-corrected chi connectivity index (χ1v) is 10.2. The smallest absolute Gasteiger partial charge is 0.321 e. The van der Waals surface area contributed by atoms with Gasteiger partial charge in [-0.3, -0.25) is 10.1 Å². The zero-order chi connectivity index (χ0) is 20.8. The van der Waals surface area contributed by atoms with Crippen molar-refractivity contribution in [1.82, 2.24) is 20.8 Å². The lowest BCUT2D eigenvalue weighted by atomic mass is 10.2. The van der Waals surface area contributed by atoms with Gasteiger partial charge in [-0.15, -0.1) is 10.2 Å². The van der Waals surface area contributed by atoms with Crippen molar-refractivity contribution in [3.63, 3.8) is 0 Å². The number of hydrogen-bond acceptors (Lipinski definition) is 8. The molecule has 1 aliphatic carbocycles. The van der Waals surface area contributed by atoms with E-state index in [4.69, 9.17) is 13.9 Å². The Balaban J connectivity index is 1.59. The van der Waals surface area contributed by atoms with Gasteiger partial charge in [-0.2, -0.15) is 0 Å². The molecule has 3 amide bonds. The first-order chi connectivity index (χ1) is 14.0. The maximum absolute atomic E-state index is 12.3. The van der Waals surface area contributed by atoms with Crippen LogP contribution in [0.3, 0.4) is 0 Å². The van der Waals surface area contributed by atoms with Gasteiger partial charge in [-0.25, -0.2) is 4.79 Å². The summed E-state index contributed by atoms with van der Waals surface area (Å²) >= 11 is 1.08. The quantitative estimate of drug-likeness (QED) is 0.657. The number of aromatic nitrogens is 2. The van der Waals surface area contributed by atoms with Crippen LogP contribution in [0.4, 0.5) is 4.79 Å². The van der Waals surface area contributed by atoms with Crippen molar-refractivity contribution in [2.45, 2.75) is 49.1 Å². The lowest BCUT2D eigenvalue weighted by molar-refractivity contribution is -0.119. The zero-order valence-electron chi connectivity index (χ0n) is 16.6. The number of amides is 3. The molecule has 156 valence electrons. The molecule has 1 fully saturated rings. The maximum atomic E-state index is 12.3. The molecule has 0 spiro atoms. The average molecular weight is 420 g/mol. The molecule has 0 aliphatic heterocycles. The molecule has 0 unspecified atom stereocenters. The Bertz CT molecular complexity index is 844. The third-order valence-electron chi connectivity index (χ3n) is 4.58. The SMILES string of the molecule is COc1cc(OC)cc(-c2nnc(S[C@@H](C)C(=O)NC(=O)NC3CCCC3)o2)c1. The standard InChI is InChI=1S/C19H24N4O5S/c1-11(16(24)21-18(25)20-13-6-4-5-7-13)29-19-23-22-17(28-19)12-8-14(26-2)10-15(9-12)27-3/h8-11,13H,4-7H2,1-3H3,(H2,20,21,24,25)/t11-/m0/s1. The summed E-state index contributed by atoms with van der Waals surface area (Å²) in [4.78, 5) is 24.2. The third-order valence-corrected chi connectivity index (χ3v) is 5.51. The van der Waals surface area contributed by atoms with E-state index in [2.05, 4.69) is 20.8 Å². The number of benzene rings is 1. The van der Waals surface area contributed by atoms with Crippen LogP contribution in [0.15, 0.2) is 27.8 Å². The fourth-order valence-electron chi connectivity index (χ4n) is 3.01. The topological polar surface area (TPSA) is 116 Å². The molecule has 0 bridgehead atoms. The first-order valence-electron chi connectivity index (χ1n) is 9.33. The number of nitrogens with one attached hydrogen (secondary N) is 2. The monoisotopic (exact) mass is 420 g/mol. The van der Waals surface area contributed by atoms with Gasteiger partial charge in [-0.1, -0.05) is 24.6 Å². The summed E-state index contributed by atoms with van der Waals surface area (Å²) in [5.41, 5.74) is 0.633. The predicted molar refractivity (Wildman–Crippen MR) is 107 cm³/mol. The Hall–Kier alpha value is -2.75. The van der Waals surface area contributed by atoms with Crippen molar-refractivity contribution in [2.75, 3.05) is 14.2 Å². The second-order valence-corrected chi connectivity index (χ2v) is 7.97. The zero-order valence-corrected chi connectivity index (χ0v) is 17.4. The van der Waals surface area contributed by atoms with Gasteiger partial charge in [0.15, 0.2) is 0 Å². The largest absolute Gasteiger partial charge is 0.497 e. The Morgan fingerprint density at radius 2 is 1.79 bits per heavy atom. The number of thioether (sulfide) groups is 1. The lowest BCUT2D eigenvalue weighted by Crippen LogP contribution is -2.45. The molecule has 1 saturated carbocycles. The molecule has 2 N–H and O–H groups in total. The Morgan fingerprint density at radius 1 is 1.14 bits per heavy atom. The number of hydrogen-bond donors (Lipinski definition) is 2. The van der Waals surface area contributed by atoms with E-state index in [9.17, 15) is 9.59 Å². The molecule has 1 aromatic heterocycles. The summed E-state index contributed by atoms with van der Waals surface area (Å²) in [6, 6.07) is 4.90. The predicted octanol–water partition coefficient (Wildman–Crippen LogP) is 3.00. The summed E-state index contributed by atoms with van der Waals surface area (Å²) in [5, 5.41) is 12.8. The molecule has 29 heavy (non-hydrogen) atoms. The molecular weight excluding hydrogens is 396 g/mol. The molecule has 1 heterocycles. The van der Waals surface area contributed by atoms with Crippen LogP contribution in [0.5, 0.6) is 11.5 Å². The van der Waals surface area contributed by atoms with E-state index in [0.717, 1.165) is 37.4 Å². The minimum absolute atomic E-state index is 0.143. The van der Waals surface area contributed by atoms with Crippen LogP contribution in [-0.4, -0.2) is 47.6 Å². The summed E-state index contributed by atoms with van der Waals surface area (Å²) in [6.07, 6.45) is 4.10. The number of nitrogens with zero attached hydrogens (tertiary/aromatic N) is 2. The van der Waals surface area contributed by atoms with E-state index >= 15 is 0 Å². The van der Waals surface area contributed by atoms with Gasteiger partial charge in [0.1, 0.15) is 11.5 Å². The Kier molecular flexibility index (Phi) is 6.97. The molecule has 3 rings (SSSR count). The minimum atomic E-state index is -0.586. The highest BCUT2D eigenvalue weighted by atomic mass is 32.2. The van der Waals surface area contributed by atoms with E-state index in [1.807, 2.05) is 0 Å². The lowest BCUT2D eigenvalue weighted by Gasteiger charge is -2.13. The number of rotatable bonds is 7. The van der Waals surface area contributed by atoms with Gasteiger partial charge in [-0.05, 0) is 31.9 Å². The van der Waals surface area contributed by atoms with Crippen molar-refractivity contribution in [1.29, 1.82) is 0 Å². The van der Waals surface area contributed by atoms with Gasteiger partial charge in [0, 0.05) is 17.7 Å². The van der Waals surface area contributed by atoms with E-state index in [-0.39, 0.29) is 17.2 Å². The van der Waals surface area contributed by atoms with Crippen molar-refractivity contribution < 1.29 is 23.5 Å². The van der Waals surface area contributed by atoms with Crippen molar-refractivity contribution in [3.05, 3.63) is 18.2 Å². The minimum Gasteiger partial charge on any atom is -0.497 e. The maximum Gasteiger partial charge on any atom is 0.321 e. The molecule has 1 atom stereocenters. The second-order valence-electron chi connectivity index (χ2n) is 6.68. The van der Waals surface area contributed by atoms with Gasteiger partial charge in [0.05, 0.1) is 19.5 Å². The van der Waals surface area contributed by atoms with E-state index in [1.54, 1.807) is 39.3 Å². The normalized spacial score (nSPS) is 15.0. The van der Waals surface area contributed by atoms with Crippen LogP contribution in [0, 0.1) is 0 Å². The Labute approximate surface area is 172 Å². The highest BCUT2D eigenvalue weighted by Crippen LogP contribution is 2.31. The second kappa shape index (κ2) is 9.64. The number of imide groups is 1. The fourth-order valence-corrected chi connectivity index (χ4v) is 3.70. The summed E-state index contributed by atoms with van der Waals surface area (Å²) in [7, 11) is 3.10. The van der Waals surface area contributed by atoms with Crippen LogP contribution in [0.1, 0.15) is 32.6 Å². The highest BCUT2D eigenvalue weighted by molar-refractivity contribution is 8.00. The van der Waals surface area contributed by atoms with Crippen molar-refractivity contribution in [3.8, 4) is 23.0 Å². The summed E-state index contributed by atoms with van der Waals surface area (Å²) < 4.78 is 16.1. The molecular formula is C19H24N4O5S. The number of carbonyl (C=O) groups is 2. The summed E-state index contributed by atoms with van der Waals surface area (Å²) in [5.74, 6) is 1.03. The van der Waals surface area contributed by atoms with Gasteiger partial charge < -0.3 is 19.2 Å². The third kappa shape index (κ3) is 5.63. The number of carbonyl (C=O) groups excluding carboxylic acids is 2. The molecule has 9 nitrogen and oxygen atoms in total. The summed E-state index contributed by atoms with van der Waals surface area (Å²) in [6.45, 7) is 1.67. The van der Waals surface area contributed by atoms with Crippen LogP contribution < -0.4 is 20.1 Å². The van der Waals surface area contributed by atoms with Crippen molar-refractivity contribution >= 4 is 23.7 Å². The van der Waals surface area contributed by atoms with Crippen LogP contribution in [0.25, 0.3) is 11.5 Å². The number of urea groups is 1. The van der Waals surface area contributed by atoms with Gasteiger partial charge in [0.2, 0.25) is 11.8 Å². The molecule has 2 aromatic rings. The van der Waals surface area contributed by atoms with Crippen LogP contribution in [-0.2, 0) is 4.79 Å². The fraction of sp³-hybridized carbons (Fsp3) is 0.474. The number of ether oxygens (including phenoxy) is 2. The molecule has 1 aromatic carbocycles. The van der Waals surface area contributed by atoms with Crippen molar-refractivity contribution in [2.24, 2.45) is 0 Å². The molecule has 10 heteroatoms. The molecule has 0 radical (unpaired) electrons. The van der Waals surface area contributed by atoms with E-state index in [0.29, 0.717) is 17.1 Å². The van der Waals surface area contributed by atoms with Crippen LogP contribution in [0.2, 0.25) is 0 Å². The number of methoxy groups -OCH3 is 2. The highest BCUT2D eigenvalue weighted by Gasteiger charge is 2.23. The van der Waals surface area contributed by atoms with E-state index < -0.39 is 17.2 Å². The van der Waals surface area contributed by atoms with Gasteiger partial charge in [0.25, 0.3) is 5.22 Å². The average Bonchev–Trinajstić information content (AvgIpc) is 3.39. The van der Waals surface area contributed by atoms with Gasteiger partial charge >= 0.3 is 6.03 Å². The first kappa shape index (κ1) is 21.0. The van der Waals surface area contributed by atoms with Crippen LogP contribution >= 0.6 is 11.8 Å². The molecule has 0 saturated heterocycles.